The zero-order chi connectivity index (χ0) is 21.4. The first-order valence-corrected chi connectivity index (χ1v) is 10.4. The average molecular weight is 428 g/mol. The number of hydrogen-bond acceptors (Lipinski definition) is 6. The van der Waals surface area contributed by atoms with E-state index in [1.165, 1.54) is 43.0 Å². The molecule has 0 radical (unpaired) electrons. The minimum absolute atomic E-state index is 0.0275. The second-order valence-corrected chi connectivity index (χ2v) is 9.08. The summed E-state index contributed by atoms with van der Waals surface area (Å²) in [6.07, 6.45) is 0.610. The second kappa shape index (κ2) is 7.92. The Kier molecular flexibility index (Phi) is 6.20. The van der Waals surface area contributed by atoms with E-state index in [2.05, 4.69) is 5.10 Å². The molecule has 2 aromatic rings. The van der Waals surface area contributed by atoms with Gasteiger partial charge >= 0.3 is 6.09 Å². The van der Waals surface area contributed by atoms with Crippen molar-refractivity contribution >= 4 is 33.3 Å². The van der Waals surface area contributed by atoms with Crippen LogP contribution in [-0.4, -0.2) is 54.8 Å². The third-order valence-electron chi connectivity index (χ3n) is 4.24. The number of carbonyl (C=O) groups is 2. The van der Waals surface area contributed by atoms with Crippen LogP contribution in [-0.2, 0) is 16.9 Å². The van der Waals surface area contributed by atoms with Gasteiger partial charge in [0.15, 0.2) is 9.84 Å². The Morgan fingerprint density at radius 1 is 1.25 bits per heavy atom. The summed E-state index contributed by atoms with van der Waals surface area (Å²) in [4.78, 5) is 26.3. The van der Waals surface area contributed by atoms with Crippen LogP contribution in [0.3, 0.4) is 0 Å². The Labute approximate surface area is 169 Å². The Bertz CT molecular complexity index is 1060. The van der Waals surface area contributed by atoms with Crippen LogP contribution in [0.5, 0.6) is 5.88 Å². The molecule has 0 fully saturated rings. The highest BCUT2D eigenvalue weighted by molar-refractivity contribution is 7.91. The van der Waals surface area contributed by atoms with Gasteiger partial charge in [-0.25, -0.2) is 17.9 Å². The highest BCUT2D eigenvalue weighted by atomic mass is 35.5. The first-order valence-electron chi connectivity index (χ1n) is 8.40. The molecule has 28 heavy (non-hydrogen) atoms. The molecular formula is C18H22ClN3O5S. The summed E-state index contributed by atoms with van der Waals surface area (Å²) < 4.78 is 31.2. The lowest BCUT2D eigenvalue weighted by Crippen LogP contribution is -2.26. The van der Waals surface area contributed by atoms with Crippen molar-refractivity contribution in [2.45, 2.75) is 25.7 Å². The number of nitrogens with zero attached hydrogens (tertiary/aromatic N) is 3. The van der Waals surface area contributed by atoms with Crippen molar-refractivity contribution in [3.63, 3.8) is 0 Å². The number of carbonyl (C=O) groups excluding carboxylic acids is 2. The normalized spacial score (nSPS) is 11.4. The number of aromatic nitrogens is 2. The van der Waals surface area contributed by atoms with Gasteiger partial charge in [-0.15, -0.1) is 0 Å². The molecule has 2 rings (SSSR count). The first kappa shape index (κ1) is 21.9. The molecule has 0 saturated heterocycles. The molecule has 0 unspecified atom stereocenters. The fourth-order valence-corrected chi connectivity index (χ4v) is 4.45. The van der Waals surface area contributed by atoms with Crippen LogP contribution in [0.25, 0.3) is 0 Å². The van der Waals surface area contributed by atoms with E-state index in [4.69, 9.17) is 16.3 Å². The Hall–Kier alpha value is -2.39. The highest BCUT2D eigenvalue weighted by Gasteiger charge is 2.28. The molecule has 1 aromatic heterocycles. The van der Waals surface area contributed by atoms with Crippen LogP contribution in [0.15, 0.2) is 17.2 Å². The fourth-order valence-electron chi connectivity index (χ4n) is 2.75. The third-order valence-corrected chi connectivity index (χ3v) is 6.74. The predicted molar refractivity (Wildman–Crippen MR) is 105 cm³/mol. The maximum absolute atomic E-state index is 13.1. The number of aryl methyl sites for hydroxylation is 2. The Morgan fingerprint density at radius 2 is 1.86 bits per heavy atom. The van der Waals surface area contributed by atoms with Crippen molar-refractivity contribution in [1.82, 2.24) is 14.7 Å². The van der Waals surface area contributed by atoms with E-state index in [0.717, 1.165) is 0 Å². The van der Waals surface area contributed by atoms with E-state index in [1.807, 2.05) is 0 Å². The van der Waals surface area contributed by atoms with Crippen LogP contribution in [0, 0.1) is 13.8 Å². The van der Waals surface area contributed by atoms with Gasteiger partial charge in [-0.1, -0.05) is 18.5 Å². The molecule has 1 amide bonds. The molecule has 0 atom stereocenters. The molecule has 0 aliphatic heterocycles. The topological polar surface area (TPSA) is 98.6 Å². The van der Waals surface area contributed by atoms with Gasteiger partial charge in [-0.05, 0) is 31.0 Å². The lowest BCUT2D eigenvalue weighted by Gasteiger charge is -2.15. The molecule has 8 nitrogen and oxygen atoms in total. The monoisotopic (exact) mass is 427 g/mol. The van der Waals surface area contributed by atoms with Crippen molar-refractivity contribution in [2.24, 2.45) is 7.05 Å². The van der Waals surface area contributed by atoms with Crippen LogP contribution in [0.1, 0.15) is 34.0 Å². The summed E-state index contributed by atoms with van der Waals surface area (Å²) >= 11 is 6.36. The van der Waals surface area contributed by atoms with Gasteiger partial charge in [-0.2, -0.15) is 5.10 Å². The molecule has 1 heterocycles. The van der Waals surface area contributed by atoms with E-state index in [1.54, 1.807) is 20.8 Å². The minimum atomic E-state index is -3.51. The lowest BCUT2D eigenvalue weighted by molar-refractivity contribution is 0.103. The van der Waals surface area contributed by atoms with Crippen molar-refractivity contribution in [1.29, 1.82) is 0 Å². The van der Waals surface area contributed by atoms with Gasteiger partial charge < -0.3 is 9.64 Å². The highest BCUT2D eigenvalue weighted by Crippen LogP contribution is 2.33. The van der Waals surface area contributed by atoms with Crippen LogP contribution < -0.4 is 4.74 Å². The average Bonchev–Trinajstić information content (AvgIpc) is 2.97. The van der Waals surface area contributed by atoms with Gasteiger partial charge in [0.25, 0.3) is 0 Å². The van der Waals surface area contributed by atoms with E-state index < -0.39 is 21.7 Å². The summed E-state index contributed by atoms with van der Waals surface area (Å²) in [5.74, 6) is -0.627. The maximum Gasteiger partial charge on any atom is 0.416 e. The number of rotatable bonds is 5. The molecule has 0 spiro atoms. The summed E-state index contributed by atoms with van der Waals surface area (Å²) in [5, 5.41) is 4.02. The number of hydrogen-bond donors (Lipinski definition) is 0. The molecule has 0 N–H and O–H groups in total. The minimum Gasteiger partial charge on any atom is -0.391 e. The largest absolute Gasteiger partial charge is 0.416 e. The molecule has 10 heteroatoms. The zero-order valence-corrected chi connectivity index (χ0v) is 18.1. The maximum atomic E-state index is 13.1. The molecule has 0 aliphatic rings. The van der Waals surface area contributed by atoms with Crippen molar-refractivity contribution in [2.75, 3.05) is 19.8 Å². The van der Waals surface area contributed by atoms with Gasteiger partial charge in [0.1, 0.15) is 5.56 Å². The standard InChI is InChI=1S/C18H22ClN3O5S/c1-7-28(25,26)16-10(2)8-12(14(19)11(16)3)15(23)13-9-20-22(6)17(13)27-18(24)21(4)5/h8-9H,7H2,1-6H3. The summed E-state index contributed by atoms with van der Waals surface area (Å²) in [6.45, 7) is 4.71. The fraction of sp³-hybridized carbons (Fsp3) is 0.389. The van der Waals surface area contributed by atoms with Crippen molar-refractivity contribution < 1.29 is 22.7 Å². The number of amides is 1. The van der Waals surface area contributed by atoms with Gasteiger partial charge in [0.05, 0.1) is 21.9 Å². The van der Waals surface area contributed by atoms with Crippen molar-refractivity contribution in [3.05, 3.63) is 39.5 Å². The van der Waals surface area contributed by atoms with E-state index in [-0.39, 0.29) is 32.7 Å². The third kappa shape index (κ3) is 3.90. The van der Waals surface area contributed by atoms with Gasteiger partial charge in [0.2, 0.25) is 11.7 Å². The Morgan fingerprint density at radius 3 is 2.39 bits per heavy atom. The number of halogens is 1. The second-order valence-electron chi connectivity index (χ2n) is 6.49. The van der Waals surface area contributed by atoms with Gasteiger partial charge in [0, 0.05) is 26.7 Å². The molecule has 0 saturated carbocycles. The van der Waals surface area contributed by atoms with Crippen molar-refractivity contribution in [3.8, 4) is 5.88 Å². The lowest BCUT2D eigenvalue weighted by atomic mass is 10.0. The SMILES string of the molecule is CCS(=O)(=O)c1c(C)cc(C(=O)c2cnn(C)c2OC(=O)N(C)C)c(Cl)c1C. The predicted octanol–water partition coefficient (Wildman–Crippen LogP) is 2.78. The summed E-state index contributed by atoms with van der Waals surface area (Å²) in [5.41, 5.74) is 0.886. The summed E-state index contributed by atoms with van der Waals surface area (Å²) in [6, 6.07) is 1.44. The number of sulfone groups is 1. The van der Waals surface area contributed by atoms with E-state index in [9.17, 15) is 18.0 Å². The Balaban J connectivity index is 2.60. The van der Waals surface area contributed by atoms with Crippen LogP contribution >= 0.6 is 11.6 Å². The molecular weight excluding hydrogens is 406 g/mol. The molecule has 0 aliphatic carbocycles. The first-order chi connectivity index (χ1) is 12.9. The number of ketones is 1. The van der Waals surface area contributed by atoms with Crippen LogP contribution in [0.4, 0.5) is 4.79 Å². The van der Waals surface area contributed by atoms with E-state index >= 15 is 0 Å². The number of benzene rings is 1. The van der Waals surface area contributed by atoms with Gasteiger partial charge in [-0.3, -0.25) is 4.79 Å². The molecule has 0 bridgehead atoms. The number of ether oxygens (including phenoxy) is 1. The van der Waals surface area contributed by atoms with E-state index in [0.29, 0.717) is 11.1 Å². The molecule has 1 aromatic carbocycles. The van der Waals surface area contributed by atoms with Crippen LogP contribution in [0.2, 0.25) is 5.02 Å². The molecule has 152 valence electrons. The smallest absolute Gasteiger partial charge is 0.391 e. The zero-order valence-electron chi connectivity index (χ0n) is 16.5. The quantitative estimate of drug-likeness (QED) is 0.680. The summed E-state index contributed by atoms with van der Waals surface area (Å²) in [7, 11) is 1.05.